The summed E-state index contributed by atoms with van der Waals surface area (Å²) >= 11 is 0. The Morgan fingerprint density at radius 3 is 2.67 bits per heavy atom. The number of fused-ring (bicyclic) bond motifs is 5. The van der Waals surface area contributed by atoms with Crippen molar-refractivity contribution in [3.63, 3.8) is 0 Å². The van der Waals surface area contributed by atoms with Crippen LogP contribution < -0.4 is 0 Å². The minimum Gasteiger partial charge on any atom is -0.100 e. The van der Waals surface area contributed by atoms with E-state index in [0.717, 1.165) is 35.5 Å². The van der Waals surface area contributed by atoms with Crippen molar-refractivity contribution >= 4 is 0 Å². The molecular formula is C27H44. The average molecular weight is 369 g/mol. The van der Waals surface area contributed by atoms with Crippen LogP contribution in [0, 0.1) is 46.3 Å². The van der Waals surface area contributed by atoms with Crippen LogP contribution in [0.15, 0.2) is 23.8 Å². The lowest BCUT2D eigenvalue weighted by Crippen LogP contribution is -2.50. The highest BCUT2D eigenvalue weighted by Gasteiger charge is 2.58. The van der Waals surface area contributed by atoms with E-state index in [1.807, 2.05) is 5.57 Å². The Labute approximate surface area is 169 Å². The van der Waals surface area contributed by atoms with E-state index in [4.69, 9.17) is 0 Å². The summed E-state index contributed by atoms with van der Waals surface area (Å²) in [5.41, 5.74) is 4.38. The first-order chi connectivity index (χ1) is 12.8. The van der Waals surface area contributed by atoms with E-state index < -0.39 is 0 Å². The van der Waals surface area contributed by atoms with E-state index in [0.29, 0.717) is 10.8 Å². The Balaban J connectivity index is 1.54. The molecule has 8 atom stereocenters. The molecule has 0 bridgehead atoms. The zero-order chi connectivity index (χ0) is 19.4. The highest BCUT2D eigenvalue weighted by molar-refractivity contribution is 5.25. The summed E-state index contributed by atoms with van der Waals surface area (Å²) in [7, 11) is 0. The summed E-state index contributed by atoms with van der Waals surface area (Å²) in [4.78, 5) is 0. The largest absolute Gasteiger partial charge is 0.100 e. The second kappa shape index (κ2) is 7.07. The standard InChI is InChI=1S/C27H44/c1-18(2)7-8-20(4)23-11-12-24-22-10-9-21-17-19(3)13-15-26(21,5)25(22)14-16-27(23,24)6/h9,19-20,22-25H,1,7-8,10-17H2,2-6H3/t19-,20-,22?,23-,24?,25?,26+,27-/m1/s1. The van der Waals surface area contributed by atoms with Crippen LogP contribution in [0.4, 0.5) is 0 Å². The summed E-state index contributed by atoms with van der Waals surface area (Å²) in [6.07, 6.45) is 17.0. The van der Waals surface area contributed by atoms with Crippen LogP contribution in [-0.2, 0) is 0 Å². The zero-order valence-electron chi connectivity index (χ0n) is 18.8. The van der Waals surface area contributed by atoms with E-state index in [1.165, 1.54) is 69.8 Å². The van der Waals surface area contributed by atoms with Crippen molar-refractivity contribution in [2.75, 3.05) is 0 Å². The first kappa shape index (κ1) is 19.8. The van der Waals surface area contributed by atoms with E-state index >= 15 is 0 Å². The van der Waals surface area contributed by atoms with E-state index in [9.17, 15) is 0 Å². The quantitative estimate of drug-likeness (QED) is 0.439. The van der Waals surface area contributed by atoms with E-state index in [2.05, 4.69) is 47.3 Å². The predicted molar refractivity (Wildman–Crippen MR) is 118 cm³/mol. The van der Waals surface area contributed by atoms with Crippen molar-refractivity contribution in [1.29, 1.82) is 0 Å². The fourth-order valence-electron chi connectivity index (χ4n) is 8.49. The van der Waals surface area contributed by atoms with E-state index in [1.54, 1.807) is 0 Å². The molecule has 0 N–H and O–H groups in total. The van der Waals surface area contributed by atoms with Gasteiger partial charge in [0.15, 0.2) is 0 Å². The fourth-order valence-corrected chi connectivity index (χ4v) is 8.49. The number of hydrogen-bond acceptors (Lipinski definition) is 0. The van der Waals surface area contributed by atoms with Gasteiger partial charge in [0, 0.05) is 0 Å². The molecule has 0 amide bonds. The molecule has 0 aromatic rings. The lowest BCUT2D eigenvalue weighted by molar-refractivity contribution is -0.0521. The summed E-state index contributed by atoms with van der Waals surface area (Å²) in [5.74, 6) is 5.68. The molecule has 0 spiro atoms. The zero-order valence-corrected chi connectivity index (χ0v) is 18.8. The Hall–Kier alpha value is -0.520. The van der Waals surface area contributed by atoms with Gasteiger partial charge >= 0.3 is 0 Å². The summed E-state index contributed by atoms with van der Waals surface area (Å²) in [5, 5.41) is 0. The maximum Gasteiger partial charge on any atom is -0.00851 e. The Kier molecular flexibility index (Phi) is 5.18. The molecule has 4 aliphatic rings. The van der Waals surface area contributed by atoms with Crippen LogP contribution in [0.1, 0.15) is 98.8 Å². The predicted octanol–water partition coefficient (Wildman–Crippen LogP) is 8.19. The van der Waals surface area contributed by atoms with Crippen molar-refractivity contribution in [3.8, 4) is 0 Å². The number of hydrogen-bond donors (Lipinski definition) is 0. The first-order valence-corrected chi connectivity index (χ1v) is 12.1. The molecule has 0 saturated heterocycles. The lowest BCUT2D eigenvalue weighted by atomic mass is 9.46. The molecule has 27 heavy (non-hydrogen) atoms. The molecule has 3 fully saturated rings. The maximum atomic E-state index is 4.15. The Morgan fingerprint density at radius 2 is 1.93 bits per heavy atom. The molecule has 0 aliphatic heterocycles. The molecule has 0 radical (unpaired) electrons. The second-order valence-corrected chi connectivity index (χ2v) is 11.8. The van der Waals surface area contributed by atoms with Gasteiger partial charge in [-0.05, 0) is 117 Å². The lowest BCUT2D eigenvalue weighted by Gasteiger charge is -2.58. The summed E-state index contributed by atoms with van der Waals surface area (Å²) < 4.78 is 0. The molecular weight excluding hydrogens is 324 g/mol. The molecule has 152 valence electrons. The molecule has 0 heteroatoms. The maximum absolute atomic E-state index is 4.15. The number of rotatable bonds is 4. The molecule has 0 nitrogen and oxygen atoms in total. The van der Waals surface area contributed by atoms with Crippen LogP contribution in [0.5, 0.6) is 0 Å². The average Bonchev–Trinajstić information content (AvgIpc) is 2.97. The van der Waals surface area contributed by atoms with Gasteiger partial charge in [-0.2, -0.15) is 0 Å². The molecule has 4 aliphatic carbocycles. The third kappa shape index (κ3) is 3.18. The normalized spacial score (nSPS) is 47.4. The molecule has 0 heterocycles. The van der Waals surface area contributed by atoms with Gasteiger partial charge < -0.3 is 0 Å². The van der Waals surface area contributed by atoms with Gasteiger partial charge in [-0.3, -0.25) is 0 Å². The molecule has 0 aromatic heterocycles. The second-order valence-electron chi connectivity index (χ2n) is 11.8. The van der Waals surface area contributed by atoms with Gasteiger partial charge in [-0.1, -0.05) is 44.9 Å². The minimum atomic E-state index is 0.542. The van der Waals surface area contributed by atoms with Gasteiger partial charge in [0.1, 0.15) is 0 Å². The van der Waals surface area contributed by atoms with Crippen molar-refractivity contribution in [2.24, 2.45) is 46.3 Å². The topological polar surface area (TPSA) is 0 Å². The van der Waals surface area contributed by atoms with Crippen molar-refractivity contribution in [2.45, 2.75) is 98.8 Å². The molecule has 3 saturated carbocycles. The van der Waals surface area contributed by atoms with Crippen molar-refractivity contribution in [1.82, 2.24) is 0 Å². The first-order valence-electron chi connectivity index (χ1n) is 12.1. The summed E-state index contributed by atoms with van der Waals surface area (Å²) in [6, 6.07) is 0. The van der Waals surface area contributed by atoms with Gasteiger partial charge in [0.05, 0.1) is 0 Å². The molecule has 3 unspecified atom stereocenters. The molecule has 0 aromatic carbocycles. The van der Waals surface area contributed by atoms with Crippen LogP contribution >= 0.6 is 0 Å². The van der Waals surface area contributed by atoms with Crippen molar-refractivity contribution < 1.29 is 0 Å². The highest BCUT2D eigenvalue weighted by atomic mass is 14.6. The minimum absolute atomic E-state index is 0.542. The van der Waals surface area contributed by atoms with E-state index in [-0.39, 0.29) is 0 Å². The van der Waals surface area contributed by atoms with Crippen LogP contribution in [0.3, 0.4) is 0 Å². The van der Waals surface area contributed by atoms with Crippen molar-refractivity contribution in [3.05, 3.63) is 23.8 Å². The van der Waals surface area contributed by atoms with Gasteiger partial charge in [0.25, 0.3) is 0 Å². The van der Waals surface area contributed by atoms with Gasteiger partial charge in [-0.15, -0.1) is 6.58 Å². The number of allylic oxidation sites excluding steroid dienone is 3. The SMILES string of the molecule is C=C(C)CC[C@@H](C)[C@H]1CCC2C3CC=C4C[C@H](C)CC[C@]4(C)C3CC[C@@]21C. The van der Waals surface area contributed by atoms with Gasteiger partial charge in [0.2, 0.25) is 0 Å². The van der Waals surface area contributed by atoms with Crippen LogP contribution in [0.2, 0.25) is 0 Å². The van der Waals surface area contributed by atoms with Crippen LogP contribution in [-0.4, -0.2) is 0 Å². The Bertz CT molecular complexity index is 612. The Morgan fingerprint density at radius 1 is 1.15 bits per heavy atom. The third-order valence-electron chi connectivity index (χ3n) is 10.1. The van der Waals surface area contributed by atoms with Crippen LogP contribution in [0.25, 0.3) is 0 Å². The highest BCUT2D eigenvalue weighted by Crippen LogP contribution is 2.67. The third-order valence-corrected chi connectivity index (χ3v) is 10.1. The smallest absolute Gasteiger partial charge is 0.00851 e. The molecule has 4 rings (SSSR count). The van der Waals surface area contributed by atoms with Gasteiger partial charge in [-0.25, -0.2) is 0 Å². The fraction of sp³-hybridized carbons (Fsp3) is 0.852. The monoisotopic (exact) mass is 368 g/mol. The summed E-state index contributed by atoms with van der Waals surface area (Å²) in [6.45, 7) is 16.7.